The molecule has 2 aromatic heterocycles. The topological polar surface area (TPSA) is 61.3 Å². The largest absolute Gasteiger partial charge is 0.463 e. The molecule has 5 nitrogen and oxygen atoms in total. The first kappa shape index (κ1) is 19.3. The van der Waals surface area contributed by atoms with Crippen molar-refractivity contribution in [3.63, 3.8) is 0 Å². The average Bonchev–Trinajstić information content (AvgIpc) is 3.09. The molecule has 0 aliphatic carbocycles. The van der Waals surface area contributed by atoms with Gasteiger partial charge in [-0.1, -0.05) is 39.8 Å². The SMILES string of the molecule is CCOCCOC(=O)CSc1ncnc2scc(-c3ccc(Br)cc3)c12. The van der Waals surface area contributed by atoms with Crippen molar-refractivity contribution >= 4 is 55.2 Å². The number of halogens is 1. The fourth-order valence-corrected chi connectivity index (χ4v) is 4.38. The molecule has 136 valence electrons. The number of rotatable bonds is 8. The summed E-state index contributed by atoms with van der Waals surface area (Å²) < 4.78 is 11.3. The van der Waals surface area contributed by atoms with Gasteiger partial charge in [-0.3, -0.25) is 4.79 Å². The second kappa shape index (κ2) is 9.45. The first-order valence-electron chi connectivity index (χ1n) is 8.03. The number of thioether (sulfide) groups is 1. The summed E-state index contributed by atoms with van der Waals surface area (Å²) in [6.45, 7) is 3.21. The molecular formula is C18H17BrN2O3S2. The third-order valence-electron chi connectivity index (χ3n) is 3.51. The minimum absolute atomic E-state index is 0.202. The Balaban J connectivity index is 1.75. The third-order valence-corrected chi connectivity index (χ3v) is 5.89. The van der Waals surface area contributed by atoms with E-state index in [1.165, 1.54) is 18.1 Å². The maximum Gasteiger partial charge on any atom is 0.316 e. The molecule has 0 saturated carbocycles. The monoisotopic (exact) mass is 452 g/mol. The van der Waals surface area contributed by atoms with Gasteiger partial charge >= 0.3 is 5.97 Å². The first-order chi connectivity index (χ1) is 12.7. The first-order valence-corrected chi connectivity index (χ1v) is 10.7. The number of ether oxygens (including phenoxy) is 2. The fraction of sp³-hybridized carbons (Fsp3) is 0.278. The number of carbonyl (C=O) groups is 1. The van der Waals surface area contributed by atoms with Crippen LogP contribution >= 0.6 is 39.0 Å². The second-order valence-electron chi connectivity index (χ2n) is 5.22. The molecule has 0 bridgehead atoms. The van der Waals surface area contributed by atoms with Crippen LogP contribution < -0.4 is 0 Å². The van der Waals surface area contributed by atoms with Crippen molar-refractivity contribution in [2.75, 3.05) is 25.6 Å². The number of carbonyl (C=O) groups excluding carboxylic acids is 1. The predicted octanol–water partition coefficient (Wildman–Crippen LogP) is 4.79. The highest BCUT2D eigenvalue weighted by Gasteiger charge is 2.15. The smallest absolute Gasteiger partial charge is 0.316 e. The van der Waals surface area contributed by atoms with Gasteiger partial charge in [0.1, 0.15) is 22.8 Å². The molecule has 0 atom stereocenters. The Labute approximate surface area is 168 Å². The van der Waals surface area contributed by atoms with Crippen molar-refractivity contribution in [3.8, 4) is 11.1 Å². The van der Waals surface area contributed by atoms with Crippen LogP contribution in [-0.2, 0) is 14.3 Å². The summed E-state index contributed by atoms with van der Waals surface area (Å²) in [6, 6.07) is 8.11. The number of fused-ring (bicyclic) bond motifs is 1. The normalized spacial score (nSPS) is 11.0. The lowest BCUT2D eigenvalue weighted by atomic mass is 10.1. The van der Waals surface area contributed by atoms with E-state index in [9.17, 15) is 4.79 Å². The number of hydrogen-bond donors (Lipinski definition) is 0. The van der Waals surface area contributed by atoms with Crippen LogP contribution in [-0.4, -0.2) is 41.5 Å². The summed E-state index contributed by atoms with van der Waals surface area (Å²) in [5, 5.41) is 3.84. The van der Waals surface area contributed by atoms with Gasteiger partial charge in [0.2, 0.25) is 0 Å². The van der Waals surface area contributed by atoms with E-state index in [0.29, 0.717) is 13.2 Å². The molecule has 26 heavy (non-hydrogen) atoms. The van der Waals surface area contributed by atoms with Gasteiger partial charge in [-0.05, 0) is 24.6 Å². The highest BCUT2D eigenvalue weighted by Crippen LogP contribution is 2.38. The van der Waals surface area contributed by atoms with Gasteiger partial charge in [0.15, 0.2) is 0 Å². The lowest BCUT2D eigenvalue weighted by molar-refractivity contribution is -0.141. The highest BCUT2D eigenvalue weighted by molar-refractivity contribution is 9.10. The predicted molar refractivity (Wildman–Crippen MR) is 109 cm³/mol. The lowest BCUT2D eigenvalue weighted by Crippen LogP contribution is -2.12. The number of benzene rings is 1. The van der Waals surface area contributed by atoms with Crippen LogP contribution in [0.4, 0.5) is 0 Å². The number of aromatic nitrogens is 2. The Morgan fingerprint density at radius 1 is 1.23 bits per heavy atom. The van der Waals surface area contributed by atoms with E-state index in [-0.39, 0.29) is 18.3 Å². The van der Waals surface area contributed by atoms with Gasteiger partial charge in [-0.2, -0.15) is 0 Å². The zero-order valence-electron chi connectivity index (χ0n) is 14.1. The third kappa shape index (κ3) is 4.82. The van der Waals surface area contributed by atoms with Gasteiger partial charge in [-0.25, -0.2) is 9.97 Å². The molecule has 0 spiro atoms. The van der Waals surface area contributed by atoms with Crippen molar-refractivity contribution in [1.29, 1.82) is 0 Å². The molecule has 1 aromatic carbocycles. The molecule has 0 amide bonds. The molecule has 0 radical (unpaired) electrons. The standard InChI is InChI=1S/C18H17BrN2O3S2/c1-2-23-7-8-24-15(22)10-26-18-16-14(9-25-17(16)20-11-21-18)12-3-5-13(19)6-4-12/h3-6,9,11H,2,7-8,10H2,1H3. The zero-order valence-corrected chi connectivity index (χ0v) is 17.3. The number of nitrogens with zero attached hydrogens (tertiary/aromatic N) is 2. The molecular weight excluding hydrogens is 436 g/mol. The van der Waals surface area contributed by atoms with Gasteiger partial charge in [0.05, 0.1) is 17.7 Å². The van der Waals surface area contributed by atoms with Crippen LogP contribution in [0.2, 0.25) is 0 Å². The second-order valence-corrected chi connectivity index (χ2v) is 7.96. The van der Waals surface area contributed by atoms with Crippen LogP contribution in [0.3, 0.4) is 0 Å². The summed E-state index contributed by atoms with van der Waals surface area (Å²) >= 11 is 6.40. The molecule has 0 aliphatic rings. The van der Waals surface area contributed by atoms with Gasteiger partial charge in [0.25, 0.3) is 0 Å². The number of thiophene rings is 1. The Kier molecular flexibility index (Phi) is 7.01. The van der Waals surface area contributed by atoms with Crippen molar-refractivity contribution in [2.24, 2.45) is 0 Å². The van der Waals surface area contributed by atoms with Crippen molar-refractivity contribution < 1.29 is 14.3 Å². The Hall–Kier alpha value is -1.48. The minimum atomic E-state index is -0.276. The molecule has 8 heteroatoms. The maximum atomic E-state index is 11.9. The zero-order chi connectivity index (χ0) is 18.4. The minimum Gasteiger partial charge on any atom is -0.463 e. The van der Waals surface area contributed by atoms with E-state index < -0.39 is 0 Å². The maximum absolute atomic E-state index is 11.9. The summed E-state index contributed by atoms with van der Waals surface area (Å²) in [5.74, 6) is -0.0738. The lowest BCUT2D eigenvalue weighted by Gasteiger charge is -2.06. The summed E-state index contributed by atoms with van der Waals surface area (Å²) in [5.41, 5.74) is 2.17. The molecule has 2 heterocycles. The summed E-state index contributed by atoms with van der Waals surface area (Å²) in [4.78, 5) is 21.5. The van der Waals surface area contributed by atoms with Crippen molar-refractivity contribution in [2.45, 2.75) is 11.9 Å². The summed E-state index contributed by atoms with van der Waals surface area (Å²) in [7, 11) is 0. The molecule has 3 rings (SSSR count). The van der Waals surface area contributed by atoms with Crippen LogP contribution in [0.1, 0.15) is 6.92 Å². The fourth-order valence-electron chi connectivity index (χ4n) is 2.33. The van der Waals surface area contributed by atoms with E-state index >= 15 is 0 Å². The van der Waals surface area contributed by atoms with E-state index in [1.54, 1.807) is 11.3 Å². The Morgan fingerprint density at radius 3 is 2.81 bits per heavy atom. The van der Waals surface area contributed by atoms with Crippen molar-refractivity contribution in [3.05, 3.63) is 40.4 Å². The van der Waals surface area contributed by atoms with Crippen LogP contribution in [0, 0.1) is 0 Å². The van der Waals surface area contributed by atoms with Crippen LogP contribution in [0.15, 0.2) is 45.5 Å². The number of hydrogen-bond acceptors (Lipinski definition) is 7. The van der Waals surface area contributed by atoms with E-state index in [1.807, 2.05) is 19.1 Å². The molecule has 0 unspecified atom stereocenters. The van der Waals surface area contributed by atoms with Gasteiger partial charge < -0.3 is 9.47 Å². The van der Waals surface area contributed by atoms with E-state index in [0.717, 1.165) is 30.8 Å². The van der Waals surface area contributed by atoms with Crippen LogP contribution in [0.25, 0.3) is 21.3 Å². The Morgan fingerprint density at radius 2 is 2.04 bits per heavy atom. The summed E-state index contributed by atoms with van der Waals surface area (Å²) in [6.07, 6.45) is 1.53. The number of esters is 1. The molecule has 0 saturated heterocycles. The molecule has 0 N–H and O–H groups in total. The van der Waals surface area contributed by atoms with Crippen molar-refractivity contribution in [1.82, 2.24) is 9.97 Å². The van der Waals surface area contributed by atoms with E-state index in [2.05, 4.69) is 43.4 Å². The quantitative estimate of drug-likeness (QED) is 0.212. The van der Waals surface area contributed by atoms with Gasteiger partial charge in [-0.15, -0.1) is 11.3 Å². The van der Waals surface area contributed by atoms with E-state index in [4.69, 9.17) is 9.47 Å². The molecule has 0 aliphatic heterocycles. The highest BCUT2D eigenvalue weighted by atomic mass is 79.9. The Bertz CT molecular complexity index is 884. The van der Waals surface area contributed by atoms with Crippen LogP contribution in [0.5, 0.6) is 0 Å². The average molecular weight is 453 g/mol. The van der Waals surface area contributed by atoms with Gasteiger partial charge in [0, 0.05) is 22.0 Å². The molecule has 0 fully saturated rings. The molecule has 3 aromatic rings.